The van der Waals surface area contributed by atoms with Crippen LogP contribution in [0.25, 0.3) is 22.3 Å². The van der Waals surface area contributed by atoms with Crippen molar-refractivity contribution in [3.63, 3.8) is 0 Å². The number of para-hydroxylation sites is 1. The molecule has 0 bridgehead atoms. The molecule has 2 aromatic carbocycles. The van der Waals surface area contributed by atoms with Crippen LogP contribution in [0, 0.1) is 0 Å². The van der Waals surface area contributed by atoms with Gasteiger partial charge in [0, 0.05) is 25.3 Å². The van der Waals surface area contributed by atoms with Crippen molar-refractivity contribution in [2.45, 2.75) is 0 Å². The molecule has 4 heteroatoms. The van der Waals surface area contributed by atoms with E-state index < -0.39 is 0 Å². The standard InChI is InChI=1S/C16H15N3O/c1-17-12-7-5-6-11(10-12)15-18-14-9-4-3-8-13(14)16(20)19(15)2/h3-10,17H,1-2H3. The third kappa shape index (κ3) is 1.95. The van der Waals surface area contributed by atoms with Gasteiger partial charge in [0.1, 0.15) is 5.82 Å². The van der Waals surface area contributed by atoms with E-state index in [1.807, 2.05) is 49.5 Å². The fourth-order valence-corrected chi connectivity index (χ4v) is 2.29. The molecule has 0 saturated heterocycles. The number of benzene rings is 2. The van der Waals surface area contributed by atoms with Crippen LogP contribution in [0.4, 0.5) is 5.69 Å². The molecule has 0 aliphatic carbocycles. The summed E-state index contributed by atoms with van der Waals surface area (Å²) in [6, 6.07) is 15.3. The van der Waals surface area contributed by atoms with Crippen LogP contribution >= 0.6 is 0 Å². The molecule has 0 aliphatic rings. The maximum atomic E-state index is 12.4. The lowest BCUT2D eigenvalue weighted by atomic mass is 10.1. The first kappa shape index (κ1) is 12.4. The minimum Gasteiger partial charge on any atom is -0.388 e. The molecule has 0 amide bonds. The molecular formula is C16H15N3O. The third-order valence-corrected chi connectivity index (χ3v) is 3.39. The molecule has 0 radical (unpaired) electrons. The molecule has 1 N–H and O–H groups in total. The van der Waals surface area contributed by atoms with E-state index in [2.05, 4.69) is 10.3 Å². The molecule has 3 aromatic rings. The quantitative estimate of drug-likeness (QED) is 0.775. The van der Waals surface area contributed by atoms with Gasteiger partial charge in [-0.2, -0.15) is 0 Å². The molecule has 1 heterocycles. The lowest BCUT2D eigenvalue weighted by molar-refractivity contribution is 0.856. The van der Waals surface area contributed by atoms with E-state index in [9.17, 15) is 4.79 Å². The van der Waals surface area contributed by atoms with Crippen LogP contribution in [0.5, 0.6) is 0 Å². The highest BCUT2D eigenvalue weighted by Gasteiger charge is 2.09. The minimum absolute atomic E-state index is 0.0274. The number of hydrogen-bond donors (Lipinski definition) is 1. The van der Waals surface area contributed by atoms with Gasteiger partial charge in [0.25, 0.3) is 5.56 Å². The molecule has 1 aromatic heterocycles. The van der Waals surface area contributed by atoms with Crippen molar-refractivity contribution in [3.8, 4) is 11.4 Å². The van der Waals surface area contributed by atoms with Gasteiger partial charge >= 0.3 is 0 Å². The van der Waals surface area contributed by atoms with E-state index in [1.165, 1.54) is 0 Å². The second kappa shape index (κ2) is 4.81. The summed E-state index contributed by atoms with van der Waals surface area (Å²) < 4.78 is 1.59. The topological polar surface area (TPSA) is 46.9 Å². The number of fused-ring (bicyclic) bond motifs is 1. The lowest BCUT2D eigenvalue weighted by Crippen LogP contribution is -2.20. The fraction of sp³-hybridized carbons (Fsp3) is 0.125. The first-order valence-electron chi connectivity index (χ1n) is 6.44. The van der Waals surface area contributed by atoms with Crippen LogP contribution in [-0.2, 0) is 7.05 Å². The van der Waals surface area contributed by atoms with Crippen LogP contribution in [0.3, 0.4) is 0 Å². The van der Waals surface area contributed by atoms with Gasteiger partial charge in [0.05, 0.1) is 10.9 Å². The maximum Gasteiger partial charge on any atom is 0.261 e. The number of rotatable bonds is 2. The Morgan fingerprint density at radius 2 is 1.90 bits per heavy atom. The highest BCUT2D eigenvalue weighted by Crippen LogP contribution is 2.21. The number of nitrogens with zero attached hydrogens (tertiary/aromatic N) is 2. The van der Waals surface area contributed by atoms with E-state index in [1.54, 1.807) is 17.7 Å². The van der Waals surface area contributed by atoms with Gasteiger partial charge in [-0.05, 0) is 24.3 Å². The number of nitrogens with one attached hydrogen (secondary N) is 1. The molecule has 20 heavy (non-hydrogen) atoms. The van der Waals surface area contributed by atoms with Crippen molar-refractivity contribution in [2.24, 2.45) is 7.05 Å². The van der Waals surface area contributed by atoms with Crippen LogP contribution in [0.2, 0.25) is 0 Å². The van der Waals surface area contributed by atoms with Gasteiger partial charge in [-0.1, -0.05) is 24.3 Å². The van der Waals surface area contributed by atoms with E-state index in [-0.39, 0.29) is 5.56 Å². The Bertz CT molecular complexity index is 836. The van der Waals surface area contributed by atoms with Crippen LogP contribution in [0.1, 0.15) is 0 Å². The average Bonchev–Trinajstić information content (AvgIpc) is 2.51. The summed E-state index contributed by atoms with van der Waals surface area (Å²) in [4.78, 5) is 17.0. The van der Waals surface area contributed by atoms with Crippen LogP contribution in [0.15, 0.2) is 53.3 Å². The summed E-state index contributed by atoms with van der Waals surface area (Å²) in [5.74, 6) is 0.672. The summed E-state index contributed by atoms with van der Waals surface area (Å²) >= 11 is 0. The zero-order valence-electron chi connectivity index (χ0n) is 11.4. The fourth-order valence-electron chi connectivity index (χ4n) is 2.29. The zero-order chi connectivity index (χ0) is 14.1. The summed E-state index contributed by atoms with van der Waals surface area (Å²) in [6.45, 7) is 0. The third-order valence-electron chi connectivity index (χ3n) is 3.39. The van der Waals surface area contributed by atoms with Crippen LogP contribution in [-0.4, -0.2) is 16.6 Å². The molecule has 0 unspecified atom stereocenters. The molecule has 0 spiro atoms. The van der Waals surface area contributed by atoms with Gasteiger partial charge in [0.2, 0.25) is 0 Å². The van der Waals surface area contributed by atoms with E-state index in [0.717, 1.165) is 16.8 Å². The summed E-state index contributed by atoms with van der Waals surface area (Å²) in [5.41, 5.74) is 2.60. The summed E-state index contributed by atoms with van der Waals surface area (Å²) in [7, 11) is 3.62. The molecule has 0 atom stereocenters. The number of anilines is 1. The van der Waals surface area contributed by atoms with Crippen molar-refractivity contribution in [1.82, 2.24) is 9.55 Å². The molecular weight excluding hydrogens is 250 g/mol. The monoisotopic (exact) mass is 265 g/mol. The molecule has 4 nitrogen and oxygen atoms in total. The van der Waals surface area contributed by atoms with Gasteiger partial charge in [-0.3, -0.25) is 9.36 Å². The Balaban J connectivity index is 2.31. The average molecular weight is 265 g/mol. The highest BCUT2D eigenvalue weighted by atomic mass is 16.1. The van der Waals surface area contributed by atoms with Gasteiger partial charge in [-0.25, -0.2) is 4.98 Å². The smallest absolute Gasteiger partial charge is 0.261 e. The number of aromatic nitrogens is 2. The normalized spacial score (nSPS) is 10.7. The largest absolute Gasteiger partial charge is 0.388 e. The molecule has 100 valence electrons. The molecule has 0 fully saturated rings. The minimum atomic E-state index is -0.0274. The van der Waals surface area contributed by atoms with Crippen molar-refractivity contribution < 1.29 is 0 Å². The SMILES string of the molecule is CNc1cccc(-c2nc3ccccc3c(=O)n2C)c1. The Morgan fingerprint density at radius 1 is 1.10 bits per heavy atom. The van der Waals surface area contributed by atoms with Crippen LogP contribution < -0.4 is 10.9 Å². The van der Waals surface area contributed by atoms with E-state index in [4.69, 9.17) is 0 Å². The Kier molecular flexibility index (Phi) is 2.99. The first-order chi connectivity index (χ1) is 9.70. The van der Waals surface area contributed by atoms with Gasteiger partial charge in [-0.15, -0.1) is 0 Å². The number of hydrogen-bond acceptors (Lipinski definition) is 3. The lowest BCUT2D eigenvalue weighted by Gasteiger charge is -2.10. The predicted molar refractivity (Wildman–Crippen MR) is 82.0 cm³/mol. The summed E-state index contributed by atoms with van der Waals surface area (Å²) in [5, 5.41) is 3.74. The Morgan fingerprint density at radius 3 is 2.70 bits per heavy atom. The van der Waals surface area contributed by atoms with Crippen molar-refractivity contribution in [2.75, 3.05) is 12.4 Å². The highest BCUT2D eigenvalue weighted by molar-refractivity contribution is 5.79. The summed E-state index contributed by atoms with van der Waals surface area (Å²) in [6.07, 6.45) is 0. The second-order valence-electron chi connectivity index (χ2n) is 4.65. The van der Waals surface area contributed by atoms with Crippen molar-refractivity contribution in [3.05, 3.63) is 58.9 Å². The van der Waals surface area contributed by atoms with Crippen molar-refractivity contribution in [1.29, 1.82) is 0 Å². The maximum absolute atomic E-state index is 12.4. The van der Waals surface area contributed by atoms with E-state index in [0.29, 0.717) is 11.2 Å². The molecule has 0 saturated carbocycles. The first-order valence-corrected chi connectivity index (χ1v) is 6.44. The zero-order valence-corrected chi connectivity index (χ0v) is 11.4. The second-order valence-corrected chi connectivity index (χ2v) is 4.65. The van der Waals surface area contributed by atoms with E-state index >= 15 is 0 Å². The van der Waals surface area contributed by atoms with Crippen molar-refractivity contribution >= 4 is 16.6 Å². The molecule has 3 rings (SSSR count). The van der Waals surface area contributed by atoms with Gasteiger partial charge < -0.3 is 5.32 Å². The Hall–Kier alpha value is -2.62. The Labute approximate surface area is 116 Å². The molecule has 0 aliphatic heterocycles. The predicted octanol–water partition coefficient (Wildman–Crippen LogP) is 2.64. The van der Waals surface area contributed by atoms with Gasteiger partial charge in [0.15, 0.2) is 0 Å².